The Balaban J connectivity index is 1.73. The Morgan fingerprint density at radius 2 is 2.05 bits per heavy atom. The van der Waals surface area contributed by atoms with Crippen LogP contribution >= 0.6 is 0 Å². The number of rotatable bonds is 6. The summed E-state index contributed by atoms with van der Waals surface area (Å²) in [4.78, 5) is 24.4. The van der Waals surface area contributed by atoms with Gasteiger partial charge >= 0.3 is 6.03 Å². The van der Waals surface area contributed by atoms with Crippen molar-refractivity contribution >= 4 is 11.9 Å². The van der Waals surface area contributed by atoms with E-state index in [0.29, 0.717) is 25.0 Å². The molecule has 108 valence electrons. The predicted octanol–water partition coefficient (Wildman–Crippen LogP) is 0.178. The molecule has 1 aliphatic carbocycles. The topological polar surface area (TPSA) is 87.5 Å². The maximum atomic E-state index is 11.4. The van der Waals surface area contributed by atoms with E-state index in [0.717, 1.165) is 13.1 Å². The Kier molecular flexibility index (Phi) is 5.15. The van der Waals surface area contributed by atoms with E-state index in [4.69, 9.17) is 5.73 Å². The van der Waals surface area contributed by atoms with Crippen molar-refractivity contribution < 1.29 is 9.59 Å². The Bertz CT molecular complexity index is 325. The van der Waals surface area contributed by atoms with Gasteiger partial charge in [-0.15, -0.1) is 0 Å². The molecule has 6 nitrogen and oxygen atoms in total. The average Bonchev–Trinajstić information content (AvgIpc) is 3.19. The van der Waals surface area contributed by atoms with Gasteiger partial charge in [0.1, 0.15) is 0 Å². The van der Waals surface area contributed by atoms with Gasteiger partial charge in [0.05, 0.1) is 0 Å². The third kappa shape index (κ3) is 5.16. The van der Waals surface area contributed by atoms with Crippen molar-refractivity contribution in [2.24, 2.45) is 5.73 Å². The fraction of sp³-hybridized carbons (Fsp3) is 0.846. The van der Waals surface area contributed by atoms with Crippen LogP contribution in [0.4, 0.5) is 4.79 Å². The fourth-order valence-corrected chi connectivity index (χ4v) is 2.67. The summed E-state index contributed by atoms with van der Waals surface area (Å²) in [5, 5.41) is 5.65. The highest BCUT2D eigenvalue weighted by molar-refractivity contribution is 5.93. The van der Waals surface area contributed by atoms with Crippen LogP contribution in [0.25, 0.3) is 0 Å². The lowest BCUT2D eigenvalue weighted by Crippen LogP contribution is -2.45. The molecule has 0 aromatic heterocycles. The highest BCUT2D eigenvalue weighted by Gasteiger charge is 2.30. The van der Waals surface area contributed by atoms with Gasteiger partial charge in [-0.2, -0.15) is 0 Å². The van der Waals surface area contributed by atoms with Gasteiger partial charge in [-0.1, -0.05) is 6.42 Å². The van der Waals surface area contributed by atoms with Crippen LogP contribution in [0, 0.1) is 0 Å². The molecule has 2 rings (SSSR count). The van der Waals surface area contributed by atoms with E-state index in [1.54, 1.807) is 0 Å². The monoisotopic (exact) mass is 268 g/mol. The summed E-state index contributed by atoms with van der Waals surface area (Å²) in [7, 11) is 0. The molecular weight excluding hydrogens is 244 g/mol. The van der Waals surface area contributed by atoms with E-state index < -0.39 is 6.03 Å². The van der Waals surface area contributed by atoms with Crippen LogP contribution in [0.1, 0.15) is 38.5 Å². The first-order valence-corrected chi connectivity index (χ1v) is 7.22. The lowest BCUT2D eigenvalue weighted by Gasteiger charge is -2.30. The fourth-order valence-electron chi connectivity index (χ4n) is 2.67. The summed E-state index contributed by atoms with van der Waals surface area (Å²) in [6.45, 7) is 2.82. The molecule has 1 aliphatic heterocycles. The maximum Gasteiger partial charge on any atom is 0.318 e. The molecule has 1 atom stereocenters. The standard InChI is InChI=1S/C13H24N4O2/c14-13(19)16-12(18)6-8-17(11-4-5-11)9-10-3-1-2-7-15-10/h10-11,15H,1-9H2,(H3,14,16,18,19). The summed E-state index contributed by atoms with van der Waals surface area (Å²) in [6.07, 6.45) is 6.57. The Morgan fingerprint density at radius 1 is 1.26 bits per heavy atom. The predicted molar refractivity (Wildman–Crippen MR) is 72.6 cm³/mol. The first-order valence-electron chi connectivity index (χ1n) is 7.22. The van der Waals surface area contributed by atoms with Gasteiger partial charge in [-0.3, -0.25) is 15.0 Å². The zero-order chi connectivity index (χ0) is 13.7. The van der Waals surface area contributed by atoms with E-state index in [9.17, 15) is 9.59 Å². The van der Waals surface area contributed by atoms with E-state index in [1.807, 2.05) is 0 Å². The number of carbonyl (C=O) groups is 2. The molecule has 6 heteroatoms. The summed E-state index contributed by atoms with van der Waals surface area (Å²) in [5.74, 6) is -0.283. The number of nitrogens with two attached hydrogens (primary N) is 1. The largest absolute Gasteiger partial charge is 0.351 e. The minimum absolute atomic E-state index is 0.283. The molecular formula is C13H24N4O2. The number of piperidine rings is 1. The van der Waals surface area contributed by atoms with Gasteiger partial charge in [-0.25, -0.2) is 4.79 Å². The Morgan fingerprint density at radius 3 is 2.63 bits per heavy atom. The van der Waals surface area contributed by atoms with Gasteiger partial charge in [0, 0.05) is 31.6 Å². The zero-order valence-electron chi connectivity index (χ0n) is 11.4. The summed E-state index contributed by atoms with van der Waals surface area (Å²) < 4.78 is 0. The first kappa shape index (κ1) is 14.3. The number of primary amides is 1. The molecule has 3 amide bonds. The van der Waals surface area contributed by atoms with Crippen molar-refractivity contribution in [1.29, 1.82) is 0 Å². The van der Waals surface area contributed by atoms with Crippen molar-refractivity contribution in [1.82, 2.24) is 15.5 Å². The SMILES string of the molecule is NC(=O)NC(=O)CCN(CC1CCCCN1)C1CC1. The normalized spacial score (nSPS) is 23.3. The summed E-state index contributed by atoms with van der Waals surface area (Å²) in [6, 6.07) is 0.413. The molecule has 19 heavy (non-hydrogen) atoms. The van der Waals surface area contributed by atoms with E-state index in [1.165, 1.54) is 32.1 Å². The molecule has 0 spiro atoms. The van der Waals surface area contributed by atoms with E-state index >= 15 is 0 Å². The summed E-state index contributed by atoms with van der Waals surface area (Å²) in [5.41, 5.74) is 4.93. The van der Waals surface area contributed by atoms with Gasteiger partial charge in [0.2, 0.25) is 5.91 Å². The molecule has 1 saturated heterocycles. The number of urea groups is 1. The van der Waals surface area contributed by atoms with Crippen molar-refractivity contribution in [3.05, 3.63) is 0 Å². The first-order chi connectivity index (χ1) is 9.15. The van der Waals surface area contributed by atoms with E-state index in [-0.39, 0.29) is 5.91 Å². The second-order valence-corrected chi connectivity index (χ2v) is 5.54. The molecule has 1 heterocycles. The number of carbonyl (C=O) groups excluding carboxylic acids is 2. The van der Waals surface area contributed by atoms with Gasteiger partial charge < -0.3 is 11.1 Å². The number of nitrogens with one attached hydrogen (secondary N) is 2. The third-order valence-corrected chi connectivity index (χ3v) is 3.82. The minimum atomic E-state index is -0.767. The summed E-state index contributed by atoms with van der Waals surface area (Å²) >= 11 is 0. The van der Waals surface area contributed by atoms with Crippen molar-refractivity contribution in [3.8, 4) is 0 Å². The van der Waals surface area contributed by atoms with Crippen LogP contribution in [0.2, 0.25) is 0 Å². The number of nitrogens with zero attached hydrogens (tertiary/aromatic N) is 1. The van der Waals surface area contributed by atoms with Crippen molar-refractivity contribution in [2.75, 3.05) is 19.6 Å². The molecule has 2 fully saturated rings. The second-order valence-electron chi connectivity index (χ2n) is 5.54. The van der Waals surface area contributed by atoms with Gasteiger partial charge in [0.25, 0.3) is 0 Å². The highest BCUT2D eigenvalue weighted by atomic mass is 16.2. The average molecular weight is 268 g/mol. The van der Waals surface area contributed by atoms with Crippen LogP contribution in [0.3, 0.4) is 0 Å². The lowest BCUT2D eigenvalue weighted by atomic mass is 10.0. The molecule has 4 N–H and O–H groups in total. The van der Waals surface area contributed by atoms with Crippen molar-refractivity contribution in [3.63, 3.8) is 0 Å². The maximum absolute atomic E-state index is 11.4. The van der Waals surface area contributed by atoms with Crippen LogP contribution in [-0.2, 0) is 4.79 Å². The lowest BCUT2D eigenvalue weighted by molar-refractivity contribution is -0.120. The quantitative estimate of drug-likeness (QED) is 0.641. The number of imide groups is 1. The molecule has 0 aromatic carbocycles. The molecule has 0 aromatic rings. The van der Waals surface area contributed by atoms with Crippen LogP contribution < -0.4 is 16.4 Å². The minimum Gasteiger partial charge on any atom is -0.351 e. The number of hydrogen-bond acceptors (Lipinski definition) is 4. The Hall–Kier alpha value is -1.14. The smallest absolute Gasteiger partial charge is 0.318 e. The van der Waals surface area contributed by atoms with Crippen LogP contribution in [-0.4, -0.2) is 48.6 Å². The second kappa shape index (κ2) is 6.86. The van der Waals surface area contributed by atoms with Crippen molar-refractivity contribution in [2.45, 2.75) is 50.6 Å². The zero-order valence-corrected chi connectivity index (χ0v) is 11.4. The molecule has 0 radical (unpaired) electrons. The number of amides is 3. The van der Waals surface area contributed by atoms with E-state index in [2.05, 4.69) is 15.5 Å². The molecule has 2 aliphatic rings. The highest BCUT2D eigenvalue weighted by Crippen LogP contribution is 2.27. The van der Waals surface area contributed by atoms with Gasteiger partial charge in [0.15, 0.2) is 0 Å². The van der Waals surface area contributed by atoms with Crippen LogP contribution in [0.5, 0.6) is 0 Å². The molecule has 1 unspecified atom stereocenters. The Labute approximate surface area is 114 Å². The molecule has 0 bridgehead atoms. The van der Waals surface area contributed by atoms with Crippen LogP contribution in [0.15, 0.2) is 0 Å². The number of hydrogen-bond donors (Lipinski definition) is 3. The van der Waals surface area contributed by atoms with Gasteiger partial charge in [-0.05, 0) is 32.2 Å². The molecule has 1 saturated carbocycles. The third-order valence-electron chi connectivity index (χ3n) is 3.82.